The fourth-order valence-electron chi connectivity index (χ4n) is 3.94. The maximum Gasteiger partial charge on any atom is 0.165 e. The average Bonchev–Trinajstić information content (AvgIpc) is 2.87. The summed E-state index contributed by atoms with van der Waals surface area (Å²) in [4.78, 5) is 0. The first-order valence-electron chi connectivity index (χ1n) is 7.33. The van der Waals surface area contributed by atoms with Gasteiger partial charge in [-0.1, -0.05) is 19.4 Å². The number of halogens is 1. The van der Waals surface area contributed by atoms with Crippen LogP contribution in [0.2, 0.25) is 0 Å². The molecule has 2 aliphatic rings. The molecule has 0 bridgehead atoms. The van der Waals surface area contributed by atoms with Gasteiger partial charge in [-0.3, -0.25) is 0 Å². The Bertz CT molecular complexity index is 452. The SMILES string of the molecule is CCNC(c1ccc(OC)c(F)c1)C1C2CCCC21. The molecule has 3 atom stereocenters. The number of rotatable bonds is 5. The van der Waals surface area contributed by atoms with Crippen LogP contribution in [0.1, 0.15) is 37.8 Å². The number of hydrogen-bond donors (Lipinski definition) is 1. The molecule has 0 amide bonds. The Labute approximate surface area is 114 Å². The molecule has 0 aliphatic heterocycles. The van der Waals surface area contributed by atoms with Gasteiger partial charge in [0.15, 0.2) is 11.6 Å². The van der Waals surface area contributed by atoms with Crippen molar-refractivity contribution in [3.8, 4) is 5.75 Å². The molecule has 19 heavy (non-hydrogen) atoms. The molecular formula is C16H22FNO. The highest BCUT2D eigenvalue weighted by Gasteiger charge is 2.55. The molecular weight excluding hydrogens is 241 g/mol. The molecule has 0 radical (unpaired) electrons. The van der Waals surface area contributed by atoms with E-state index in [0.29, 0.717) is 17.7 Å². The average molecular weight is 263 g/mol. The zero-order valence-corrected chi connectivity index (χ0v) is 11.7. The van der Waals surface area contributed by atoms with Crippen LogP contribution >= 0.6 is 0 Å². The van der Waals surface area contributed by atoms with Gasteiger partial charge in [-0.05, 0) is 54.8 Å². The molecule has 1 N–H and O–H groups in total. The van der Waals surface area contributed by atoms with Gasteiger partial charge in [0.05, 0.1) is 7.11 Å². The summed E-state index contributed by atoms with van der Waals surface area (Å²) >= 11 is 0. The molecule has 104 valence electrons. The zero-order chi connectivity index (χ0) is 13.4. The molecule has 0 saturated heterocycles. The Morgan fingerprint density at radius 2 is 2.11 bits per heavy atom. The summed E-state index contributed by atoms with van der Waals surface area (Å²) in [6.07, 6.45) is 4.09. The van der Waals surface area contributed by atoms with Crippen LogP contribution in [0.15, 0.2) is 18.2 Å². The van der Waals surface area contributed by atoms with Gasteiger partial charge in [0, 0.05) is 6.04 Å². The molecule has 1 aromatic carbocycles. The summed E-state index contributed by atoms with van der Waals surface area (Å²) in [5, 5.41) is 3.55. The van der Waals surface area contributed by atoms with Gasteiger partial charge in [0.2, 0.25) is 0 Å². The monoisotopic (exact) mass is 263 g/mol. The summed E-state index contributed by atoms with van der Waals surface area (Å²) in [6, 6.07) is 5.69. The molecule has 0 heterocycles. The van der Waals surface area contributed by atoms with Gasteiger partial charge in [0.1, 0.15) is 0 Å². The second-order valence-electron chi connectivity index (χ2n) is 5.77. The molecule has 3 unspecified atom stereocenters. The van der Waals surface area contributed by atoms with E-state index >= 15 is 0 Å². The van der Waals surface area contributed by atoms with E-state index in [1.165, 1.54) is 26.4 Å². The fraction of sp³-hybridized carbons (Fsp3) is 0.625. The lowest BCUT2D eigenvalue weighted by Crippen LogP contribution is -2.24. The highest BCUT2D eigenvalue weighted by Crippen LogP contribution is 2.62. The summed E-state index contributed by atoms with van der Waals surface area (Å²) < 4.78 is 18.9. The van der Waals surface area contributed by atoms with Crippen LogP contribution < -0.4 is 10.1 Å². The number of benzene rings is 1. The number of hydrogen-bond acceptors (Lipinski definition) is 2. The molecule has 2 saturated carbocycles. The Balaban J connectivity index is 1.82. The van der Waals surface area contributed by atoms with Crippen LogP contribution in [0.3, 0.4) is 0 Å². The normalized spacial score (nSPS) is 29.9. The molecule has 3 heteroatoms. The lowest BCUT2D eigenvalue weighted by molar-refractivity contribution is 0.383. The number of ether oxygens (including phenoxy) is 1. The van der Waals surface area contributed by atoms with Crippen molar-refractivity contribution in [1.29, 1.82) is 0 Å². The van der Waals surface area contributed by atoms with E-state index in [-0.39, 0.29) is 5.82 Å². The van der Waals surface area contributed by atoms with Crippen molar-refractivity contribution < 1.29 is 9.13 Å². The van der Waals surface area contributed by atoms with Crippen LogP contribution in [0.25, 0.3) is 0 Å². The van der Waals surface area contributed by atoms with Crippen molar-refractivity contribution in [2.45, 2.75) is 32.2 Å². The number of methoxy groups -OCH3 is 1. The van der Waals surface area contributed by atoms with E-state index in [1.807, 2.05) is 6.07 Å². The van der Waals surface area contributed by atoms with Crippen molar-refractivity contribution in [3.63, 3.8) is 0 Å². The highest BCUT2D eigenvalue weighted by molar-refractivity contribution is 5.32. The van der Waals surface area contributed by atoms with Crippen molar-refractivity contribution in [2.75, 3.05) is 13.7 Å². The van der Waals surface area contributed by atoms with E-state index in [2.05, 4.69) is 12.2 Å². The fourth-order valence-corrected chi connectivity index (χ4v) is 3.94. The highest BCUT2D eigenvalue weighted by atomic mass is 19.1. The topological polar surface area (TPSA) is 21.3 Å². The molecule has 3 rings (SSSR count). The minimum atomic E-state index is -0.256. The van der Waals surface area contributed by atoms with Crippen LogP contribution in [0, 0.1) is 23.6 Å². The third kappa shape index (κ3) is 2.25. The van der Waals surface area contributed by atoms with Crippen molar-refractivity contribution in [1.82, 2.24) is 5.32 Å². The molecule has 0 aromatic heterocycles. The maximum atomic E-state index is 13.9. The first-order chi connectivity index (χ1) is 9.26. The second-order valence-corrected chi connectivity index (χ2v) is 5.77. The largest absolute Gasteiger partial charge is 0.494 e. The van der Waals surface area contributed by atoms with Gasteiger partial charge >= 0.3 is 0 Å². The molecule has 2 fully saturated rings. The van der Waals surface area contributed by atoms with Crippen LogP contribution in [-0.4, -0.2) is 13.7 Å². The van der Waals surface area contributed by atoms with E-state index < -0.39 is 0 Å². The molecule has 1 aromatic rings. The smallest absolute Gasteiger partial charge is 0.165 e. The van der Waals surface area contributed by atoms with E-state index in [1.54, 1.807) is 12.1 Å². The van der Waals surface area contributed by atoms with Crippen LogP contribution in [0.4, 0.5) is 4.39 Å². The summed E-state index contributed by atoms with van der Waals surface area (Å²) in [5.41, 5.74) is 1.07. The van der Waals surface area contributed by atoms with E-state index in [9.17, 15) is 4.39 Å². The number of nitrogens with one attached hydrogen (secondary N) is 1. The van der Waals surface area contributed by atoms with Crippen LogP contribution in [0.5, 0.6) is 5.75 Å². The standard InChI is InChI=1S/C16H22FNO/c1-3-18-16(15-11-5-4-6-12(11)15)10-7-8-14(19-2)13(17)9-10/h7-9,11-12,15-16,18H,3-6H2,1-2H3. The third-order valence-corrected chi connectivity index (χ3v) is 4.82. The predicted octanol–water partition coefficient (Wildman–Crippen LogP) is 3.53. The lowest BCUT2D eigenvalue weighted by atomic mass is 9.96. The Morgan fingerprint density at radius 1 is 1.37 bits per heavy atom. The number of fused-ring (bicyclic) bond motifs is 1. The Morgan fingerprint density at radius 3 is 2.68 bits per heavy atom. The minimum absolute atomic E-state index is 0.256. The van der Waals surface area contributed by atoms with Gasteiger partial charge in [-0.25, -0.2) is 4.39 Å². The second kappa shape index (κ2) is 5.12. The summed E-state index contributed by atoms with van der Waals surface area (Å²) in [5.74, 6) is 2.52. The van der Waals surface area contributed by atoms with Gasteiger partial charge in [-0.2, -0.15) is 0 Å². The van der Waals surface area contributed by atoms with Crippen molar-refractivity contribution in [2.24, 2.45) is 17.8 Å². The van der Waals surface area contributed by atoms with Crippen molar-refractivity contribution in [3.05, 3.63) is 29.6 Å². The van der Waals surface area contributed by atoms with Gasteiger partial charge in [-0.15, -0.1) is 0 Å². The van der Waals surface area contributed by atoms with E-state index in [4.69, 9.17) is 4.74 Å². The summed E-state index contributed by atoms with van der Waals surface area (Å²) in [6.45, 7) is 3.04. The predicted molar refractivity (Wildman–Crippen MR) is 73.7 cm³/mol. The lowest BCUT2D eigenvalue weighted by Gasteiger charge is -2.21. The first-order valence-corrected chi connectivity index (χ1v) is 7.33. The van der Waals surface area contributed by atoms with Gasteiger partial charge in [0.25, 0.3) is 0 Å². The summed E-state index contributed by atoms with van der Waals surface area (Å²) in [7, 11) is 1.51. The van der Waals surface area contributed by atoms with Gasteiger partial charge < -0.3 is 10.1 Å². The first kappa shape index (κ1) is 12.9. The Hall–Kier alpha value is -1.09. The minimum Gasteiger partial charge on any atom is -0.494 e. The van der Waals surface area contributed by atoms with Crippen molar-refractivity contribution >= 4 is 0 Å². The Kier molecular flexibility index (Phi) is 3.48. The zero-order valence-electron chi connectivity index (χ0n) is 11.7. The molecule has 2 nitrogen and oxygen atoms in total. The third-order valence-electron chi connectivity index (χ3n) is 4.82. The quantitative estimate of drug-likeness (QED) is 0.877. The molecule has 0 spiro atoms. The van der Waals surface area contributed by atoms with E-state index in [0.717, 1.165) is 23.9 Å². The molecule has 2 aliphatic carbocycles. The van der Waals surface area contributed by atoms with Crippen LogP contribution in [-0.2, 0) is 0 Å². The maximum absolute atomic E-state index is 13.9.